The van der Waals surface area contributed by atoms with Crippen molar-refractivity contribution in [1.29, 1.82) is 0 Å². The molecule has 2 aliphatic rings. The van der Waals surface area contributed by atoms with E-state index in [1.807, 2.05) is 12.1 Å². The summed E-state index contributed by atoms with van der Waals surface area (Å²) < 4.78 is 11.1. The van der Waals surface area contributed by atoms with Gasteiger partial charge in [0.2, 0.25) is 0 Å². The minimum absolute atomic E-state index is 0.101. The highest BCUT2D eigenvalue weighted by Crippen LogP contribution is 2.39. The van der Waals surface area contributed by atoms with Crippen LogP contribution in [0, 0.1) is 5.92 Å². The molecule has 0 saturated heterocycles. The molecular formula is C15H19ClO2. The first-order chi connectivity index (χ1) is 8.83. The SMILES string of the molecule is ClC(CC1CCCC1)c1ccc2c(c1)OCCO2. The van der Waals surface area contributed by atoms with Gasteiger partial charge in [-0.3, -0.25) is 0 Å². The predicted octanol–water partition coefficient (Wildman–Crippen LogP) is 4.32. The van der Waals surface area contributed by atoms with Crippen molar-refractivity contribution in [1.82, 2.24) is 0 Å². The minimum atomic E-state index is 0.101. The summed E-state index contributed by atoms with van der Waals surface area (Å²) in [5.74, 6) is 2.49. The second-order valence-corrected chi connectivity index (χ2v) is 5.78. The van der Waals surface area contributed by atoms with E-state index in [1.54, 1.807) is 0 Å². The van der Waals surface area contributed by atoms with Crippen LogP contribution in [0.25, 0.3) is 0 Å². The summed E-state index contributed by atoms with van der Waals surface area (Å²) in [6, 6.07) is 6.09. The Morgan fingerprint density at radius 2 is 1.83 bits per heavy atom. The van der Waals surface area contributed by atoms with Crippen LogP contribution in [0.4, 0.5) is 0 Å². The van der Waals surface area contributed by atoms with Crippen molar-refractivity contribution >= 4 is 11.6 Å². The monoisotopic (exact) mass is 266 g/mol. The van der Waals surface area contributed by atoms with Crippen LogP contribution in [0.2, 0.25) is 0 Å². The van der Waals surface area contributed by atoms with Gasteiger partial charge in [0, 0.05) is 0 Å². The molecule has 0 bridgehead atoms. The predicted molar refractivity (Wildman–Crippen MR) is 72.6 cm³/mol. The van der Waals surface area contributed by atoms with Crippen LogP contribution in [0.1, 0.15) is 43.0 Å². The third kappa shape index (κ3) is 2.59. The van der Waals surface area contributed by atoms with Gasteiger partial charge in [-0.15, -0.1) is 11.6 Å². The van der Waals surface area contributed by atoms with Crippen LogP contribution >= 0.6 is 11.6 Å². The van der Waals surface area contributed by atoms with Crippen LogP contribution in [0.15, 0.2) is 18.2 Å². The van der Waals surface area contributed by atoms with Gasteiger partial charge in [0.25, 0.3) is 0 Å². The highest BCUT2D eigenvalue weighted by atomic mass is 35.5. The molecule has 0 amide bonds. The largest absolute Gasteiger partial charge is 0.486 e. The molecule has 1 atom stereocenters. The molecule has 1 aromatic rings. The van der Waals surface area contributed by atoms with E-state index in [4.69, 9.17) is 21.1 Å². The lowest BCUT2D eigenvalue weighted by molar-refractivity contribution is 0.171. The number of hydrogen-bond acceptors (Lipinski definition) is 2. The van der Waals surface area contributed by atoms with E-state index in [2.05, 4.69) is 6.07 Å². The maximum absolute atomic E-state index is 6.53. The summed E-state index contributed by atoms with van der Waals surface area (Å²) in [5, 5.41) is 0.101. The molecule has 0 aromatic heterocycles. The van der Waals surface area contributed by atoms with E-state index in [0.29, 0.717) is 13.2 Å². The normalized spacial score (nSPS) is 20.9. The Labute approximate surface area is 113 Å². The van der Waals surface area contributed by atoms with Gasteiger partial charge < -0.3 is 9.47 Å². The highest BCUT2D eigenvalue weighted by molar-refractivity contribution is 6.20. The van der Waals surface area contributed by atoms with Crippen LogP contribution in [-0.2, 0) is 0 Å². The number of fused-ring (bicyclic) bond motifs is 1. The average Bonchev–Trinajstić information content (AvgIpc) is 2.91. The van der Waals surface area contributed by atoms with Gasteiger partial charge in [0.15, 0.2) is 11.5 Å². The lowest BCUT2D eigenvalue weighted by atomic mass is 9.97. The number of hydrogen-bond donors (Lipinski definition) is 0. The van der Waals surface area contributed by atoms with Gasteiger partial charge in [-0.2, -0.15) is 0 Å². The van der Waals surface area contributed by atoms with Crippen molar-refractivity contribution in [2.24, 2.45) is 5.92 Å². The van der Waals surface area contributed by atoms with Gasteiger partial charge in [0.1, 0.15) is 13.2 Å². The Bertz CT molecular complexity index is 413. The number of halogens is 1. The van der Waals surface area contributed by atoms with E-state index in [-0.39, 0.29) is 5.38 Å². The summed E-state index contributed by atoms with van der Waals surface area (Å²) in [7, 11) is 0. The summed E-state index contributed by atoms with van der Waals surface area (Å²) in [5.41, 5.74) is 1.16. The van der Waals surface area contributed by atoms with Gasteiger partial charge in [-0.25, -0.2) is 0 Å². The zero-order chi connectivity index (χ0) is 12.4. The molecule has 1 fully saturated rings. The molecule has 98 valence electrons. The van der Waals surface area contributed by atoms with Crippen molar-refractivity contribution in [3.05, 3.63) is 23.8 Å². The topological polar surface area (TPSA) is 18.5 Å². The molecule has 0 radical (unpaired) electrons. The zero-order valence-corrected chi connectivity index (χ0v) is 11.3. The Morgan fingerprint density at radius 3 is 2.61 bits per heavy atom. The Morgan fingerprint density at radius 1 is 1.11 bits per heavy atom. The van der Waals surface area contributed by atoms with Crippen LogP contribution in [-0.4, -0.2) is 13.2 Å². The summed E-state index contributed by atoms with van der Waals surface area (Å²) >= 11 is 6.53. The Kier molecular flexibility index (Phi) is 3.64. The van der Waals surface area contributed by atoms with Crippen molar-refractivity contribution in [2.45, 2.75) is 37.5 Å². The summed E-state index contributed by atoms with van der Waals surface area (Å²) in [6.07, 6.45) is 6.51. The van der Waals surface area contributed by atoms with Crippen molar-refractivity contribution < 1.29 is 9.47 Å². The van der Waals surface area contributed by atoms with Crippen LogP contribution in [0.5, 0.6) is 11.5 Å². The Balaban J connectivity index is 1.70. The third-order valence-corrected chi connectivity index (χ3v) is 4.37. The first-order valence-corrected chi connectivity index (χ1v) is 7.30. The molecule has 3 rings (SSSR count). The number of alkyl halides is 1. The lowest BCUT2D eigenvalue weighted by Crippen LogP contribution is -2.15. The van der Waals surface area contributed by atoms with E-state index in [1.165, 1.54) is 25.7 Å². The smallest absolute Gasteiger partial charge is 0.161 e. The third-order valence-electron chi connectivity index (χ3n) is 3.94. The standard InChI is InChI=1S/C15H19ClO2/c16-13(9-11-3-1-2-4-11)12-5-6-14-15(10-12)18-8-7-17-14/h5-6,10-11,13H,1-4,7-9H2. The molecule has 2 nitrogen and oxygen atoms in total. The summed E-state index contributed by atoms with van der Waals surface area (Å²) in [6.45, 7) is 1.27. The van der Waals surface area contributed by atoms with Crippen LogP contribution in [0.3, 0.4) is 0 Å². The number of benzene rings is 1. The minimum Gasteiger partial charge on any atom is -0.486 e. The number of ether oxygens (including phenoxy) is 2. The maximum atomic E-state index is 6.53. The fraction of sp³-hybridized carbons (Fsp3) is 0.600. The van der Waals surface area contributed by atoms with Gasteiger partial charge in [0.05, 0.1) is 5.38 Å². The zero-order valence-electron chi connectivity index (χ0n) is 10.5. The van der Waals surface area contributed by atoms with E-state index < -0.39 is 0 Å². The molecule has 1 aliphatic heterocycles. The van der Waals surface area contributed by atoms with Gasteiger partial charge >= 0.3 is 0 Å². The van der Waals surface area contributed by atoms with Crippen molar-refractivity contribution in [2.75, 3.05) is 13.2 Å². The van der Waals surface area contributed by atoms with Crippen molar-refractivity contribution in [3.63, 3.8) is 0 Å². The molecule has 0 N–H and O–H groups in total. The second kappa shape index (κ2) is 5.40. The lowest BCUT2D eigenvalue weighted by Gasteiger charge is -2.21. The van der Waals surface area contributed by atoms with E-state index in [9.17, 15) is 0 Å². The molecule has 1 heterocycles. The molecular weight excluding hydrogens is 248 g/mol. The molecule has 1 aromatic carbocycles. The second-order valence-electron chi connectivity index (χ2n) is 5.26. The van der Waals surface area contributed by atoms with Gasteiger partial charge in [-0.1, -0.05) is 31.7 Å². The molecule has 1 unspecified atom stereocenters. The van der Waals surface area contributed by atoms with E-state index >= 15 is 0 Å². The van der Waals surface area contributed by atoms with Crippen molar-refractivity contribution in [3.8, 4) is 11.5 Å². The summed E-state index contributed by atoms with van der Waals surface area (Å²) in [4.78, 5) is 0. The fourth-order valence-electron chi connectivity index (χ4n) is 2.93. The molecule has 1 saturated carbocycles. The number of rotatable bonds is 3. The first kappa shape index (κ1) is 12.2. The highest BCUT2D eigenvalue weighted by Gasteiger charge is 2.21. The average molecular weight is 267 g/mol. The van der Waals surface area contributed by atoms with Crippen LogP contribution < -0.4 is 9.47 Å². The molecule has 0 spiro atoms. The van der Waals surface area contributed by atoms with E-state index in [0.717, 1.165) is 29.4 Å². The molecule has 1 aliphatic carbocycles. The first-order valence-electron chi connectivity index (χ1n) is 6.86. The fourth-order valence-corrected chi connectivity index (χ4v) is 3.32. The quantitative estimate of drug-likeness (QED) is 0.759. The molecule has 18 heavy (non-hydrogen) atoms. The Hall–Kier alpha value is -0.890. The van der Waals surface area contributed by atoms with Gasteiger partial charge in [-0.05, 0) is 30.0 Å². The molecule has 3 heteroatoms. The maximum Gasteiger partial charge on any atom is 0.161 e.